The lowest BCUT2D eigenvalue weighted by Gasteiger charge is -2.16. The molecule has 0 spiro atoms. The third kappa shape index (κ3) is 4.72. The average Bonchev–Trinajstić information content (AvgIpc) is 1.97. The van der Waals surface area contributed by atoms with Crippen molar-refractivity contribution in [1.82, 2.24) is 0 Å². The summed E-state index contributed by atoms with van der Waals surface area (Å²) in [6.45, 7) is -0.308. The van der Waals surface area contributed by atoms with E-state index in [9.17, 15) is 9.90 Å². The van der Waals surface area contributed by atoms with Crippen LogP contribution in [0.4, 0.5) is 0 Å². The van der Waals surface area contributed by atoms with E-state index in [0.717, 1.165) is 0 Å². The number of carbonyl (C=O) groups excluding carboxylic acids is 1. The number of ether oxygens (including phenoxy) is 2. The Hall–Kier alpha value is -0.650. The highest BCUT2D eigenvalue weighted by atomic mass is 16.5. The zero-order valence-electron chi connectivity index (χ0n) is 6.28. The van der Waals surface area contributed by atoms with E-state index in [2.05, 4.69) is 9.47 Å². The normalized spacial score (nSPS) is 12.9. The monoisotopic (exact) mass is 163 g/mol. The predicted octanol–water partition coefficient (Wildman–Crippen LogP) is -2.24. The second-order valence-corrected chi connectivity index (χ2v) is 1.86. The van der Waals surface area contributed by atoms with Crippen molar-refractivity contribution in [1.29, 1.82) is 0 Å². The number of carboxylic acid groups (broad SMARTS) is 1. The number of aliphatic hydroxyl groups excluding tert-OH is 1. The maximum atomic E-state index is 10.2. The number of aliphatic carboxylic acids is 1. The van der Waals surface area contributed by atoms with Crippen LogP contribution in [0.15, 0.2) is 0 Å². The summed E-state index contributed by atoms with van der Waals surface area (Å²) in [7, 11) is 1.36. The fourth-order valence-corrected chi connectivity index (χ4v) is 0.531. The molecule has 5 heteroatoms. The van der Waals surface area contributed by atoms with Gasteiger partial charge in [-0.25, -0.2) is 0 Å². The van der Waals surface area contributed by atoms with Gasteiger partial charge in [-0.1, -0.05) is 0 Å². The topological polar surface area (TPSA) is 78.8 Å². The molecular weight excluding hydrogens is 152 g/mol. The van der Waals surface area contributed by atoms with E-state index in [1.165, 1.54) is 7.11 Å². The van der Waals surface area contributed by atoms with Crippen molar-refractivity contribution in [2.24, 2.45) is 0 Å². The molecule has 1 N–H and O–H groups in total. The van der Waals surface area contributed by atoms with E-state index in [1.54, 1.807) is 0 Å². The van der Waals surface area contributed by atoms with Crippen molar-refractivity contribution in [3.05, 3.63) is 0 Å². The minimum Gasteiger partial charge on any atom is -0.547 e. The van der Waals surface area contributed by atoms with Crippen LogP contribution in [0.5, 0.6) is 0 Å². The number of carboxylic acids is 1. The Balaban J connectivity index is 3.60. The summed E-state index contributed by atoms with van der Waals surface area (Å²) >= 11 is 0. The highest BCUT2D eigenvalue weighted by Crippen LogP contribution is 1.90. The maximum Gasteiger partial charge on any atom is 0.120 e. The predicted molar refractivity (Wildman–Crippen MR) is 33.7 cm³/mol. The van der Waals surface area contributed by atoms with Crippen LogP contribution in [-0.4, -0.2) is 44.1 Å². The molecule has 0 fully saturated rings. The van der Waals surface area contributed by atoms with E-state index in [0.29, 0.717) is 0 Å². The summed E-state index contributed by atoms with van der Waals surface area (Å²) < 4.78 is 9.19. The van der Waals surface area contributed by atoms with Crippen LogP contribution >= 0.6 is 0 Å². The van der Waals surface area contributed by atoms with Crippen LogP contribution in [0, 0.1) is 0 Å². The molecule has 0 aromatic heterocycles. The van der Waals surface area contributed by atoms with Gasteiger partial charge in [0.2, 0.25) is 0 Å². The second kappa shape index (κ2) is 6.09. The molecule has 0 aromatic rings. The number of carbonyl (C=O) groups is 1. The van der Waals surface area contributed by atoms with Crippen molar-refractivity contribution in [2.45, 2.75) is 6.10 Å². The molecule has 0 amide bonds. The molecule has 0 aliphatic rings. The van der Waals surface area contributed by atoms with E-state index in [4.69, 9.17) is 5.11 Å². The van der Waals surface area contributed by atoms with Gasteiger partial charge in [0.1, 0.15) is 6.10 Å². The zero-order chi connectivity index (χ0) is 8.69. The minimum atomic E-state index is -1.33. The van der Waals surface area contributed by atoms with E-state index in [-0.39, 0.29) is 19.8 Å². The molecule has 0 saturated carbocycles. The zero-order valence-corrected chi connectivity index (χ0v) is 6.28. The van der Waals surface area contributed by atoms with Crippen molar-refractivity contribution < 1.29 is 24.5 Å². The Bertz CT molecular complexity index is 114. The van der Waals surface area contributed by atoms with Crippen molar-refractivity contribution in [3.8, 4) is 0 Å². The first-order valence-corrected chi connectivity index (χ1v) is 3.14. The molecular formula is C6H11O5-. The Kier molecular flexibility index (Phi) is 5.73. The van der Waals surface area contributed by atoms with Gasteiger partial charge in [-0.15, -0.1) is 0 Å². The van der Waals surface area contributed by atoms with Gasteiger partial charge in [0.15, 0.2) is 0 Å². The van der Waals surface area contributed by atoms with Crippen LogP contribution in [0.2, 0.25) is 0 Å². The first-order chi connectivity index (χ1) is 5.22. The first-order valence-electron chi connectivity index (χ1n) is 3.14. The third-order valence-electron chi connectivity index (χ3n) is 0.991. The standard InChI is InChI=1S/C6H12O5/c1-10-4-5(6(8)9)11-3-2-7/h5,7H,2-4H2,1H3,(H,8,9)/p-1. The Morgan fingerprint density at radius 1 is 1.73 bits per heavy atom. The molecule has 0 saturated heterocycles. The molecule has 0 aliphatic heterocycles. The molecule has 1 unspecified atom stereocenters. The number of hydrogen-bond acceptors (Lipinski definition) is 5. The quantitative estimate of drug-likeness (QED) is 0.479. The van der Waals surface area contributed by atoms with Gasteiger partial charge in [-0.2, -0.15) is 0 Å². The van der Waals surface area contributed by atoms with E-state index < -0.39 is 12.1 Å². The van der Waals surface area contributed by atoms with Crippen LogP contribution in [-0.2, 0) is 14.3 Å². The lowest BCUT2D eigenvalue weighted by molar-refractivity contribution is -0.318. The molecule has 5 nitrogen and oxygen atoms in total. The summed E-state index contributed by atoms with van der Waals surface area (Å²) in [5.74, 6) is -1.33. The van der Waals surface area contributed by atoms with E-state index in [1.807, 2.05) is 0 Å². The molecule has 0 bridgehead atoms. The number of hydrogen-bond donors (Lipinski definition) is 1. The lowest BCUT2D eigenvalue weighted by Crippen LogP contribution is -2.40. The number of methoxy groups -OCH3 is 1. The molecule has 0 aliphatic carbocycles. The van der Waals surface area contributed by atoms with Crippen molar-refractivity contribution >= 4 is 5.97 Å². The van der Waals surface area contributed by atoms with E-state index >= 15 is 0 Å². The lowest BCUT2D eigenvalue weighted by atomic mass is 10.4. The van der Waals surface area contributed by atoms with Crippen molar-refractivity contribution in [3.63, 3.8) is 0 Å². The summed E-state index contributed by atoms with van der Waals surface area (Å²) in [5.41, 5.74) is 0. The summed E-state index contributed by atoms with van der Waals surface area (Å²) in [6, 6.07) is 0. The van der Waals surface area contributed by atoms with Gasteiger partial charge in [0.05, 0.1) is 25.8 Å². The highest BCUT2D eigenvalue weighted by Gasteiger charge is 2.08. The third-order valence-corrected chi connectivity index (χ3v) is 0.991. The molecule has 0 heterocycles. The first kappa shape index (κ1) is 10.3. The van der Waals surface area contributed by atoms with Crippen LogP contribution in [0.25, 0.3) is 0 Å². The van der Waals surface area contributed by atoms with Crippen LogP contribution < -0.4 is 5.11 Å². The molecule has 11 heavy (non-hydrogen) atoms. The van der Waals surface area contributed by atoms with Gasteiger partial charge in [0, 0.05) is 7.11 Å². The van der Waals surface area contributed by atoms with Crippen LogP contribution in [0.1, 0.15) is 0 Å². The summed E-state index contributed by atoms with van der Waals surface area (Å²) in [5, 5.41) is 18.5. The van der Waals surface area contributed by atoms with Crippen molar-refractivity contribution in [2.75, 3.05) is 26.9 Å². The second-order valence-electron chi connectivity index (χ2n) is 1.86. The highest BCUT2D eigenvalue weighted by molar-refractivity contribution is 5.70. The Morgan fingerprint density at radius 2 is 2.36 bits per heavy atom. The smallest absolute Gasteiger partial charge is 0.120 e. The fraction of sp³-hybridized carbons (Fsp3) is 0.833. The average molecular weight is 163 g/mol. The Labute approximate surface area is 64.5 Å². The van der Waals surface area contributed by atoms with Gasteiger partial charge in [-0.05, 0) is 0 Å². The fourth-order valence-electron chi connectivity index (χ4n) is 0.531. The van der Waals surface area contributed by atoms with Gasteiger partial charge in [0.25, 0.3) is 0 Å². The molecule has 0 radical (unpaired) electrons. The number of aliphatic hydroxyl groups is 1. The molecule has 0 rings (SSSR count). The van der Waals surface area contributed by atoms with Gasteiger partial charge in [-0.3, -0.25) is 0 Å². The molecule has 1 atom stereocenters. The van der Waals surface area contributed by atoms with Gasteiger partial charge < -0.3 is 24.5 Å². The molecule has 0 aromatic carbocycles. The summed E-state index contributed by atoms with van der Waals surface area (Å²) in [4.78, 5) is 10.2. The van der Waals surface area contributed by atoms with Crippen LogP contribution in [0.3, 0.4) is 0 Å². The SMILES string of the molecule is COCC(OCCO)C(=O)[O-]. The largest absolute Gasteiger partial charge is 0.547 e. The maximum absolute atomic E-state index is 10.2. The Morgan fingerprint density at radius 3 is 2.73 bits per heavy atom. The molecule has 66 valence electrons. The van der Waals surface area contributed by atoms with Gasteiger partial charge >= 0.3 is 0 Å². The minimum absolute atomic E-state index is 0.0258. The summed E-state index contributed by atoms with van der Waals surface area (Å²) in [6.07, 6.45) is -1.09. The number of rotatable bonds is 6.